The number of rotatable bonds is 5. The maximum atomic E-state index is 12.5. The summed E-state index contributed by atoms with van der Waals surface area (Å²) in [6.07, 6.45) is 0.198. The van der Waals surface area contributed by atoms with Crippen molar-refractivity contribution in [2.45, 2.75) is 20.3 Å². The van der Waals surface area contributed by atoms with E-state index in [9.17, 15) is 9.59 Å². The number of amides is 2. The number of nitrogens with one attached hydrogen (secondary N) is 1. The van der Waals surface area contributed by atoms with Crippen LogP contribution in [0.15, 0.2) is 36.4 Å². The maximum Gasteiger partial charge on any atom is 0.243 e. The van der Waals surface area contributed by atoms with E-state index in [0.717, 1.165) is 22.4 Å². The van der Waals surface area contributed by atoms with Crippen LogP contribution in [0.3, 0.4) is 0 Å². The molecule has 0 unspecified atom stereocenters. The molecule has 1 aliphatic rings. The first kappa shape index (κ1) is 18.8. The fraction of sp³-hybridized carbons (Fsp3) is 0.333. The van der Waals surface area contributed by atoms with Gasteiger partial charge in [-0.05, 0) is 42.7 Å². The maximum absolute atomic E-state index is 12.5. The predicted molar refractivity (Wildman–Crippen MR) is 103 cm³/mol. The molecule has 1 heterocycles. The third kappa shape index (κ3) is 4.58. The predicted octanol–water partition coefficient (Wildman–Crippen LogP) is 2.71. The Bertz CT molecular complexity index is 843. The monoisotopic (exact) mass is 368 g/mol. The molecule has 0 aromatic heterocycles. The summed E-state index contributed by atoms with van der Waals surface area (Å²) in [6.45, 7) is 4.92. The lowest BCUT2D eigenvalue weighted by molar-refractivity contribution is -0.132. The summed E-state index contributed by atoms with van der Waals surface area (Å²) in [5.74, 6) is 0.995. The van der Waals surface area contributed by atoms with Gasteiger partial charge in [-0.2, -0.15) is 0 Å². The van der Waals surface area contributed by atoms with Crippen molar-refractivity contribution in [3.8, 4) is 11.5 Å². The van der Waals surface area contributed by atoms with Crippen molar-refractivity contribution in [2.24, 2.45) is 0 Å². The van der Waals surface area contributed by atoms with Crippen LogP contribution in [0, 0.1) is 13.8 Å². The molecule has 0 saturated carbocycles. The summed E-state index contributed by atoms with van der Waals surface area (Å²) >= 11 is 0. The lowest BCUT2D eigenvalue weighted by Gasteiger charge is -2.20. The number of anilines is 1. The van der Waals surface area contributed by atoms with E-state index in [1.807, 2.05) is 50.2 Å². The van der Waals surface area contributed by atoms with Gasteiger partial charge in [-0.25, -0.2) is 0 Å². The van der Waals surface area contributed by atoms with Gasteiger partial charge in [-0.3, -0.25) is 9.59 Å². The Labute approximate surface area is 159 Å². The lowest BCUT2D eigenvalue weighted by atomic mass is 10.1. The molecule has 0 spiro atoms. The van der Waals surface area contributed by atoms with Gasteiger partial charge in [-0.1, -0.05) is 24.3 Å². The first-order chi connectivity index (χ1) is 12.9. The van der Waals surface area contributed by atoms with Gasteiger partial charge < -0.3 is 19.7 Å². The van der Waals surface area contributed by atoms with Crippen LogP contribution in [0.5, 0.6) is 11.5 Å². The van der Waals surface area contributed by atoms with Crippen LogP contribution >= 0.6 is 0 Å². The summed E-state index contributed by atoms with van der Waals surface area (Å²) in [5, 5.41) is 2.90. The molecule has 0 atom stereocenters. The average molecular weight is 368 g/mol. The molecule has 1 N–H and O–H groups in total. The number of carbonyl (C=O) groups is 2. The third-order valence-corrected chi connectivity index (χ3v) is 4.51. The Morgan fingerprint density at radius 2 is 1.70 bits per heavy atom. The number of benzene rings is 2. The number of para-hydroxylation sites is 1. The topological polar surface area (TPSA) is 67.9 Å². The Morgan fingerprint density at radius 3 is 2.41 bits per heavy atom. The quantitative estimate of drug-likeness (QED) is 0.881. The van der Waals surface area contributed by atoms with Crippen LogP contribution in [0.25, 0.3) is 0 Å². The van der Waals surface area contributed by atoms with Gasteiger partial charge in [0, 0.05) is 12.7 Å². The van der Waals surface area contributed by atoms with Crippen LogP contribution in [0.1, 0.15) is 16.7 Å². The molecule has 6 heteroatoms. The highest BCUT2D eigenvalue weighted by Gasteiger charge is 2.17. The summed E-state index contributed by atoms with van der Waals surface area (Å²) in [4.78, 5) is 26.2. The second-order valence-corrected chi connectivity index (χ2v) is 6.72. The fourth-order valence-electron chi connectivity index (χ4n) is 3.00. The molecule has 0 bridgehead atoms. The highest BCUT2D eigenvalue weighted by Crippen LogP contribution is 2.31. The van der Waals surface area contributed by atoms with Crippen molar-refractivity contribution >= 4 is 17.5 Å². The number of fused-ring (bicyclic) bond motifs is 1. The smallest absolute Gasteiger partial charge is 0.243 e. The first-order valence-electron chi connectivity index (χ1n) is 8.92. The highest BCUT2D eigenvalue weighted by molar-refractivity contribution is 5.95. The van der Waals surface area contributed by atoms with E-state index in [0.29, 0.717) is 24.7 Å². The molecule has 2 aromatic carbocycles. The van der Waals surface area contributed by atoms with E-state index in [4.69, 9.17) is 9.47 Å². The zero-order valence-electron chi connectivity index (χ0n) is 15.9. The number of likely N-dealkylation sites (N-methyl/N-ethyl adjacent to an activating group) is 1. The molecular formula is C21H24N2O4. The number of hydrogen-bond donors (Lipinski definition) is 1. The minimum atomic E-state index is -0.217. The second-order valence-electron chi connectivity index (χ2n) is 6.72. The van der Waals surface area contributed by atoms with Gasteiger partial charge in [0.1, 0.15) is 13.2 Å². The molecule has 2 amide bonds. The van der Waals surface area contributed by atoms with E-state index in [1.165, 1.54) is 4.90 Å². The molecule has 6 nitrogen and oxygen atoms in total. The van der Waals surface area contributed by atoms with Crippen molar-refractivity contribution in [3.63, 3.8) is 0 Å². The van der Waals surface area contributed by atoms with E-state index in [2.05, 4.69) is 5.32 Å². The van der Waals surface area contributed by atoms with E-state index in [1.54, 1.807) is 7.05 Å². The molecule has 0 radical (unpaired) electrons. The second kappa shape index (κ2) is 8.12. The third-order valence-electron chi connectivity index (χ3n) is 4.51. The number of aryl methyl sites for hydroxylation is 2. The van der Waals surface area contributed by atoms with Gasteiger partial charge in [0.2, 0.25) is 11.8 Å². The molecule has 27 heavy (non-hydrogen) atoms. The van der Waals surface area contributed by atoms with Crippen molar-refractivity contribution in [3.05, 3.63) is 53.1 Å². The SMILES string of the molecule is Cc1cccc(C)c1NC(=O)CN(C)C(=O)Cc1ccc2c(c1)OCCO2. The normalized spacial score (nSPS) is 12.4. The Balaban J connectivity index is 1.58. The van der Waals surface area contributed by atoms with Crippen LogP contribution in [0.4, 0.5) is 5.69 Å². The molecular weight excluding hydrogens is 344 g/mol. The molecule has 0 saturated heterocycles. The average Bonchev–Trinajstić information content (AvgIpc) is 2.64. The van der Waals surface area contributed by atoms with E-state index in [-0.39, 0.29) is 24.8 Å². The van der Waals surface area contributed by atoms with Gasteiger partial charge in [0.25, 0.3) is 0 Å². The highest BCUT2D eigenvalue weighted by atomic mass is 16.6. The Hall–Kier alpha value is -3.02. The van der Waals surface area contributed by atoms with Crippen molar-refractivity contribution in [1.29, 1.82) is 0 Å². The molecule has 0 aliphatic carbocycles. The van der Waals surface area contributed by atoms with E-state index >= 15 is 0 Å². The molecule has 1 aliphatic heterocycles. The minimum absolute atomic E-state index is 0.00282. The van der Waals surface area contributed by atoms with Gasteiger partial charge >= 0.3 is 0 Å². The fourth-order valence-corrected chi connectivity index (χ4v) is 3.00. The van der Waals surface area contributed by atoms with Gasteiger partial charge in [0.15, 0.2) is 11.5 Å². The van der Waals surface area contributed by atoms with Crippen molar-refractivity contribution in [1.82, 2.24) is 4.90 Å². The van der Waals surface area contributed by atoms with Crippen molar-refractivity contribution < 1.29 is 19.1 Å². The first-order valence-corrected chi connectivity index (χ1v) is 8.92. The largest absolute Gasteiger partial charge is 0.486 e. The molecule has 0 fully saturated rings. The van der Waals surface area contributed by atoms with Gasteiger partial charge in [-0.15, -0.1) is 0 Å². The number of carbonyl (C=O) groups excluding carboxylic acids is 2. The van der Waals surface area contributed by atoms with Crippen LogP contribution in [-0.2, 0) is 16.0 Å². The number of ether oxygens (including phenoxy) is 2. The zero-order chi connectivity index (χ0) is 19.4. The van der Waals surface area contributed by atoms with E-state index < -0.39 is 0 Å². The Morgan fingerprint density at radius 1 is 1.04 bits per heavy atom. The summed E-state index contributed by atoms with van der Waals surface area (Å²) in [6, 6.07) is 11.3. The summed E-state index contributed by atoms with van der Waals surface area (Å²) < 4.78 is 11.0. The summed E-state index contributed by atoms with van der Waals surface area (Å²) in [5.41, 5.74) is 3.61. The minimum Gasteiger partial charge on any atom is -0.486 e. The molecule has 142 valence electrons. The Kier molecular flexibility index (Phi) is 5.64. The van der Waals surface area contributed by atoms with Crippen LogP contribution in [-0.4, -0.2) is 43.5 Å². The van der Waals surface area contributed by atoms with Gasteiger partial charge in [0.05, 0.1) is 13.0 Å². The van der Waals surface area contributed by atoms with Crippen molar-refractivity contribution in [2.75, 3.05) is 32.1 Å². The van der Waals surface area contributed by atoms with Crippen LogP contribution < -0.4 is 14.8 Å². The standard InChI is InChI=1S/C21H24N2O4/c1-14-5-4-6-15(2)21(14)22-19(24)13-23(3)20(25)12-16-7-8-17-18(11-16)27-10-9-26-17/h4-8,11H,9-10,12-13H2,1-3H3,(H,22,24). The van der Waals surface area contributed by atoms with Crippen LogP contribution in [0.2, 0.25) is 0 Å². The number of hydrogen-bond acceptors (Lipinski definition) is 4. The summed E-state index contributed by atoms with van der Waals surface area (Å²) in [7, 11) is 1.63. The molecule has 2 aromatic rings. The zero-order valence-corrected chi connectivity index (χ0v) is 15.9. The number of nitrogens with zero attached hydrogens (tertiary/aromatic N) is 1. The molecule has 3 rings (SSSR count). The lowest BCUT2D eigenvalue weighted by Crippen LogP contribution is -2.36.